The van der Waals surface area contributed by atoms with Crippen molar-refractivity contribution in [3.63, 3.8) is 0 Å². The van der Waals surface area contributed by atoms with Crippen LogP contribution in [0, 0.1) is 0 Å². The lowest BCUT2D eigenvalue weighted by Gasteiger charge is -2.37. The van der Waals surface area contributed by atoms with E-state index in [4.69, 9.17) is 15.6 Å². The molecule has 3 N–H and O–H groups in total. The summed E-state index contributed by atoms with van der Waals surface area (Å²) in [6.07, 6.45) is 0.225. The van der Waals surface area contributed by atoms with Gasteiger partial charge in [0.1, 0.15) is 0 Å². The van der Waals surface area contributed by atoms with Gasteiger partial charge < -0.3 is 20.5 Å². The Kier molecular flexibility index (Phi) is 3.43. The molecule has 18 heavy (non-hydrogen) atoms. The maximum absolute atomic E-state index is 11.1. The molecule has 1 aliphatic heterocycles. The number of carboxylic acid groups (broad SMARTS) is 1. The van der Waals surface area contributed by atoms with Gasteiger partial charge in [-0.15, -0.1) is 0 Å². The molecular weight excluding hydrogens is 232 g/mol. The number of hydrogen-bond acceptors (Lipinski definition) is 4. The number of nitrogens with two attached hydrogens (primary N) is 1. The summed E-state index contributed by atoms with van der Waals surface area (Å²) in [6.45, 7) is 5.44. The molecule has 0 amide bonds. The predicted octanol–water partition coefficient (Wildman–Crippen LogP) is 1.58. The molecule has 2 atom stereocenters. The maximum atomic E-state index is 11.1. The van der Waals surface area contributed by atoms with Crippen molar-refractivity contribution in [1.29, 1.82) is 0 Å². The van der Waals surface area contributed by atoms with Crippen molar-refractivity contribution in [2.75, 3.05) is 23.7 Å². The van der Waals surface area contributed by atoms with Gasteiger partial charge in [0.2, 0.25) is 0 Å². The zero-order chi connectivity index (χ0) is 13.3. The Labute approximate surface area is 106 Å². The van der Waals surface area contributed by atoms with Crippen LogP contribution in [0.15, 0.2) is 18.2 Å². The van der Waals surface area contributed by atoms with Gasteiger partial charge in [-0.3, -0.25) is 0 Å². The van der Waals surface area contributed by atoms with Gasteiger partial charge >= 0.3 is 5.97 Å². The van der Waals surface area contributed by atoms with E-state index in [1.165, 1.54) is 6.07 Å². The number of morpholine rings is 1. The lowest BCUT2D eigenvalue weighted by molar-refractivity contribution is -0.00517. The van der Waals surface area contributed by atoms with Crippen LogP contribution in [0.2, 0.25) is 0 Å². The number of rotatable bonds is 2. The monoisotopic (exact) mass is 250 g/mol. The number of anilines is 2. The number of carbonyl (C=O) groups is 1. The molecule has 5 nitrogen and oxygen atoms in total. The molecule has 0 saturated carbocycles. The second-order valence-corrected chi connectivity index (χ2v) is 4.71. The summed E-state index contributed by atoms with van der Waals surface area (Å²) in [4.78, 5) is 13.1. The highest BCUT2D eigenvalue weighted by molar-refractivity contribution is 5.97. The molecule has 0 aromatic heterocycles. The van der Waals surface area contributed by atoms with Gasteiger partial charge in [0.05, 0.1) is 29.1 Å². The zero-order valence-corrected chi connectivity index (χ0v) is 10.6. The molecule has 1 fully saturated rings. The Hall–Kier alpha value is -1.75. The number of para-hydroxylation sites is 1. The van der Waals surface area contributed by atoms with Gasteiger partial charge in [-0.2, -0.15) is 0 Å². The van der Waals surface area contributed by atoms with Crippen LogP contribution in [-0.4, -0.2) is 36.4 Å². The number of aromatic carboxylic acids is 1. The molecule has 1 heterocycles. The summed E-state index contributed by atoms with van der Waals surface area (Å²) in [5, 5.41) is 9.07. The van der Waals surface area contributed by atoms with Crippen LogP contribution in [0.25, 0.3) is 0 Å². The molecule has 98 valence electrons. The Bertz CT molecular complexity index is 452. The molecule has 2 unspecified atom stereocenters. The largest absolute Gasteiger partial charge is 0.478 e. The van der Waals surface area contributed by atoms with Crippen molar-refractivity contribution in [3.8, 4) is 0 Å². The van der Waals surface area contributed by atoms with Crippen molar-refractivity contribution in [3.05, 3.63) is 23.8 Å². The first kappa shape index (κ1) is 12.7. The molecule has 0 bridgehead atoms. The van der Waals surface area contributed by atoms with Crippen LogP contribution in [-0.2, 0) is 4.74 Å². The van der Waals surface area contributed by atoms with Gasteiger partial charge in [0.25, 0.3) is 0 Å². The van der Waals surface area contributed by atoms with Gasteiger partial charge in [0.15, 0.2) is 0 Å². The third-order valence-electron chi connectivity index (χ3n) is 3.07. The van der Waals surface area contributed by atoms with Gasteiger partial charge in [0, 0.05) is 13.1 Å². The van der Waals surface area contributed by atoms with Crippen molar-refractivity contribution in [2.45, 2.75) is 26.1 Å². The SMILES string of the molecule is CC1CN(c2cccc(C(=O)O)c2N)CC(C)O1. The molecule has 1 saturated heterocycles. The summed E-state index contributed by atoms with van der Waals surface area (Å²) in [6, 6.07) is 5.10. The second kappa shape index (κ2) is 4.86. The zero-order valence-electron chi connectivity index (χ0n) is 10.6. The van der Waals surface area contributed by atoms with E-state index in [1.54, 1.807) is 6.07 Å². The van der Waals surface area contributed by atoms with Crippen LogP contribution in [0.5, 0.6) is 0 Å². The summed E-state index contributed by atoms with van der Waals surface area (Å²) in [7, 11) is 0. The Morgan fingerprint density at radius 3 is 2.56 bits per heavy atom. The molecule has 2 rings (SSSR count). The minimum Gasteiger partial charge on any atom is -0.478 e. The molecule has 0 spiro atoms. The molecule has 1 aliphatic rings. The first-order valence-corrected chi connectivity index (χ1v) is 6.01. The standard InChI is InChI=1S/C13H18N2O3/c1-8-6-15(7-9(2)18-8)11-5-3-4-10(12(11)14)13(16)17/h3-5,8-9H,6-7,14H2,1-2H3,(H,16,17). The summed E-state index contributed by atoms with van der Waals surface area (Å²) >= 11 is 0. The minimum absolute atomic E-state index is 0.113. The Morgan fingerprint density at radius 1 is 1.39 bits per heavy atom. The van der Waals surface area contributed by atoms with Crippen LogP contribution in [0.4, 0.5) is 11.4 Å². The van der Waals surface area contributed by atoms with Crippen molar-refractivity contribution in [1.82, 2.24) is 0 Å². The van der Waals surface area contributed by atoms with E-state index in [0.717, 1.165) is 18.8 Å². The topological polar surface area (TPSA) is 75.8 Å². The smallest absolute Gasteiger partial charge is 0.337 e. The normalized spacial score (nSPS) is 24.0. The van der Waals surface area contributed by atoms with Crippen molar-refractivity contribution < 1.29 is 14.6 Å². The fourth-order valence-electron chi connectivity index (χ4n) is 2.39. The highest BCUT2D eigenvalue weighted by Gasteiger charge is 2.24. The molecule has 5 heteroatoms. The van der Waals surface area contributed by atoms with E-state index in [9.17, 15) is 4.79 Å². The average molecular weight is 250 g/mol. The van der Waals surface area contributed by atoms with Gasteiger partial charge in [-0.25, -0.2) is 4.79 Å². The first-order chi connectivity index (χ1) is 8.49. The minimum atomic E-state index is -0.997. The van der Waals surface area contributed by atoms with Crippen molar-refractivity contribution in [2.24, 2.45) is 0 Å². The third-order valence-corrected chi connectivity index (χ3v) is 3.07. The molecule has 0 aliphatic carbocycles. The highest BCUT2D eigenvalue weighted by Crippen LogP contribution is 2.29. The summed E-state index contributed by atoms with van der Waals surface area (Å²) in [5.74, 6) is -0.997. The fraction of sp³-hybridized carbons (Fsp3) is 0.462. The van der Waals surface area contributed by atoms with E-state index in [-0.39, 0.29) is 17.8 Å². The number of benzene rings is 1. The van der Waals surface area contributed by atoms with Crippen LogP contribution >= 0.6 is 0 Å². The number of carboxylic acids is 1. The summed E-state index contributed by atoms with van der Waals surface area (Å²) in [5.41, 5.74) is 7.19. The third kappa shape index (κ3) is 2.41. The van der Waals surface area contributed by atoms with Crippen LogP contribution < -0.4 is 10.6 Å². The quantitative estimate of drug-likeness (QED) is 0.779. The molecule has 1 aromatic carbocycles. The van der Waals surface area contributed by atoms with Gasteiger partial charge in [-0.1, -0.05) is 6.07 Å². The van der Waals surface area contributed by atoms with E-state index >= 15 is 0 Å². The molecule has 0 radical (unpaired) electrons. The number of nitrogen functional groups attached to an aromatic ring is 1. The maximum Gasteiger partial charge on any atom is 0.337 e. The fourth-order valence-corrected chi connectivity index (χ4v) is 2.39. The lowest BCUT2D eigenvalue weighted by atomic mass is 10.1. The van der Waals surface area contributed by atoms with E-state index < -0.39 is 5.97 Å². The predicted molar refractivity (Wildman–Crippen MR) is 70.0 cm³/mol. The van der Waals surface area contributed by atoms with Crippen LogP contribution in [0.3, 0.4) is 0 Å². The van der Waals surface area contributed by atoms with Crippen molar-refractivity contribution >= 4 is 17.3 Å². The summed E-state index contributed by atoms with van der Waals surface area (Å²) < 4.78 is 5.66. The molecular formula is C13H18N2O3. The first-order valence-electron chi connectivity index (χ1n) is 6.01. The van der Waals surface area contributed by atoms with Gasteiger partial charge in [-0.05, 0) is 26.0 Å². The Morgan fingerprint density at radius 2 is 2.00 bits per heavy atom. The average Bonchev–Trinajstić information content (AvgIpc) is 2.27. The lowest BCUT2D eigenvalue weighted by Crippen LogP contribution is -2.45. The van der Waals surface area contributed by atoms with E-state index in [0.29, 0.717) is 5.69 Å². The Balaban J connectivity index is 2.33. The number of ether oxygens (including phenoxy) is 1. The van der Waals surface area contributed by atoms with Crippen LogP contribution in [0.1, 0.15) is 24.2 Å². The number of nitrogens with zero attached hydrogens (tertiary/aromatic N) is 1. The van der Waals surface area contributed by atoms with E-state index in [2.05, 4.69) is 4.90 Å². The molecule has 1 aromatic rings. The van der Waals surface area contributed by atoms with E-state index in [1.807, 2.05) is 19.9 Å². The highest BCUT2D eigenvalue weighted by atomic mass is 16.5. The number of hydrogen-bond donors (Lipinski definition) is 2. The second-order valence-electron chi connectivity index (χ2n) is 4.71.